The molecular formula is C16H24. The third kappa shape index (κ3) is 2.55. The van der Waals surface area contributed by atoms with Crippen LogP contribution in [-0.2, 0) is 5.41 Å². The first-order chi connectivity index (χ1) is 7.67. The Morgan fingerprint density at radius 3 is 2.25 bits per heavy atom. The topological polar surface area (TPSA) is 0 Å². The standard InChI is InChI=1S/C16H24/c1-5-7-13-16(6-2,14(3)4)15-11-9-8-10-12-15/h5,7-12,14H,6,13H2,1-4H3/b7-5-. The van der Waals surface area contributed by atoms with Crippen molar-refractivity contribution in [3.63, 3.8) is 0 Å². The normalized spacial score (nSPS) is 15.6. The second-order valence-electron chi connectivity index (χ2n) is 4.80. The lowest BCUT2D eigenvalue weighted by Gasteiger charge is -2.37. The SMILES string of the molecule is C/C=C\CC(CC)(c1ccccc1)C(C)C. The van der Waals surface area contributed by atoms with Crippen LogP contribution in [0.2, 0.25) is 0 Å². The van der Waals surface area contributed by atoms with E-state index in [0.29, 0.717) is 11.3 Å². The largest absolute Gasteiger partial charge is 0.0916 e. The molecule has 0 saturated heterocycles. The van der Waals surface area contributed by atoms with Crippen LogP contribution in [0.3, 0.4) is 0 Å². The van der Waals surface area contributed by atoms with Crippen LogP contribution < -0.4 is 0 Å². The molecule has 0 fully saturated rings. The fourth-order valence-corrected chi connectivity index (χ4v) is 2.54. The Bertz CT molecular complexity index is 321. The molecule has 0 N–H and O–H groups in total. The summed E-state index contributed by atoms with van der Waals surface area (Å²) in [5.41, 5.74) is 1.78. The van der Waals surface area contributed by atoms with Crippen molar-refractivity contribution in [2.75, 3.05) is 0 Å². The van der Waals surface area contributed by atoms with E-state index in [2.05, 4.69) is 70.2 Å². The summed E-state index contributed by atoms with van der Waals surface area (Å²) in [5, 5.41) is 0. The zero-order valence-electron chi connectivity index (χ0n) is 11.0. The van der Waals surface area contributed by atoms with Gasteiger partial charge in [0.1, 0.15) is 0 Å². The van der Waals surface area contributed by atoms with Crippen LogP contribution in [-0.4, -0.2) is 0 Å². The van der Waals surface area contributed by atoms with Gasteiger partial charge in [-0.3, -0.25) is 0 Å². The molecule has 0 amide bonds. The highest BCUT2D eigenvalue weighted by Crippen LogP contribution is 2.39. The molecule has 0 aromatic heterocycles. The minimum Gasteiger partial charge on any atom is -0.0916 e. The van der Waals surface area contributed by atoms with E-state index < -0.39 is 0 Å². The van der Waals surface area contributed by atoms with Crippen molar-refractivity contribution in [2.24, 2.45) is 5.92 Å². The summed E-state index contributed by atoms with van der Waals surface area (Å²) < 4.78 is 0. The van der Waals surface area contributed by atoms with Gasteiger partial charge < -0.3 is 0 Å². The summed E-state index contributed by atoms with van der Waals surface area (Å²) in [4.78, 5) is 0. The summed E-state index contributed by atoms with van der Waals surface area (Å²) >= 11 is 0. The van der Waals surface area contributed by atoms with Gasteiger partial charge in [-0.1, -0.05) is 63.3 Å². The number of hydrogen-bond donors (Lipinski definition) is 0. The van der Waals surface area contributed by atoms with Gasteiger partial charge in [0.05, 0.1) is 0 Å². The Morgan fingerprint density at radius 1 is 1.19 bits per heavy atom. The number of hydrogen-bond acceptors (Lipinski definition) is 0. The van der Waals surface area contributed by atoms with E-state index in [1.54, 1.807) is 0 Å². The van der Waals surface area contributed by atoms with Crippen LogP contribution in [0, 0.1) is 5.92 Å². The van der Waals surface area contributed by atoms with Crippen LogP contribution in [0.15, 0.2) is 42.5 Å². The van der Waals surface area contributed by atoms with Crippen molar-refractivity contribution in [1.29, 1.82) is 0 Å². The van der Waals surface area contributed by atoms with Gasteiger partial charge in [0.25, 0.3) is 0 Å². The van der Waals surface area contributed by atoms with Crippen LogP contribution in [0.4, 0.5) is 0 Å². The summed E-state index contributed by atoms with van der Waals surface area (Å²) in [5.74, 6) is 0.663. The number of benzene rings is 1. The molecule has 1 rings (SSSR count). The quantitative estimate of drug-likeness (QED) is 0.610. The van der Waals surface area contributed by atoms with Gasteiger partial charge in [0, 0.05) is 5.41 Å². The Hall–Kier alpha value is -1.04. The second kappa shape index (κ2) is 5.89. The van der Waals surface area contributed by atoms with E-state index >= 15 is 0 Å². The molecule has 88 valence electrons. The lowest BCUT2D eigenvalue weighted by molar-refractivity contribution is 0.297. The Labute approximate surface area is 100 Å². The van der Waals surface area contributed by atoms with Crippen molar-refractivity contribution >= 4 is 0 Å². The van der Waals surface area contributed by atoms with E-state index in [0.717, 1.165) is 6.42 Å². The Balaban J connectivity index is 3.12. The molecule has 1 atom stereocenters. The molecular weight excluding hydrogens is 192 g/mol. The highest BCUT2D eigenvalue weighted by molar-refractivity contribution is 5.27. The van der Waals surface area contributed by atoms with Gasteiger partial charge in [-0.25, -0.2) is 0 Å². The van der Waals surface area contributed by atoms with E-state index in [9.17, 15) is 0 Å². The second-order valence-corrected chi connectivity index (χ2v) is 4.80. The molecule has 1 aromatic carbocycles. The summed E-state index contributed by atoms with van der Waals surface area (Å²) in [7, 11) is 0. The van der Waals surface area contributed by atoms with Crippen molar-refractivity contribution in [2.45, 2.75) is 46.0 Å². The average molecular weight is 216 g/mol. The van der Waals surface area contributed by atoms with Crippen LogP contribution in [0.5, 0.6) is 0 Å². The third-order valence-corrected chi connectivity index (χ3v) is 3.80. The zero-order chi connectivity index (χ0) is 12.0. The maximum absolute atomic E-state index is 2.33. The van der Waals surface area contributed by atoms with E-state index in [-0.39, 0.29) is 0 Å². The summed E-state index contributed by atoms with van der Waals surface area (Å²) in [6.45, 7) is 9.07. The molecule has 0 aliphatic heterocycles. The molecule has 0 spiro atoms. The molecule has 0 heteroatoms. The zero-order valence-corrected chi connectivity index (χ0v) is 11.0. The monoisotopic (exact) mass is 216 g/mol. The van der Waals surface area contributed by atoms with Crippen molar-refractivity contribution < 1.29 is 0 Å². The van der Waals surface area contributed by atoms with Gasteiger partial charge in [0.15, 0.2) is 0 Å². The van der Waals surface area contributed by atoms with Crippen molar-refractivity contribution in [1.82, 2.24) is 0 Å². The fourth-order valence-electron chi connectivity index (χ4n) is 2.54. The Kier molecular flexibility index (Phi) is 4.79. The van der Waals surface area contributed by atoms with Gasteiger partial charge in [-0.2, -0.15) is 0 Å². The molecule has 0 radical (unpaired) electrons. The minimum absolute atomic E-state index is 0.299. The van der Waals surface area contributed by atoms with E-state index in [1.165, 1.54) is 12.0 Å². The molecule has 1 unspecified atom stereocenters. The van der Waals surface area contributed by atoms with Crippen LogP contribution in [0.25, 0.3) is 0 Å². The molecule has 0 bridgehead atoms. The Morgan fingerprint density at radius 2 is 1.81 bits per heavy atom. The summed E-state index contributed by atoms with van der Waals surface area (Å²) in [6.07, 6.45) is 6.80. The first-order valence-electron chi connectivity index (χ1n) is 6.34. The van der Waals surface area contributed by atoms with Gasteiger partial charge in [-0.15, -0.1) is 0 Å². The van der Waals surface area contributed by atoms with Crippen LogP contribution in [0.1, 0.15) is 46.1 Å². The van der Waals surface area contributed by atoms with Gasteiger partial charge in [-0.05, 0) is 31.2 Å². The molecule has 1 aromatic rings. The average Bonchev–Trinajstić information content (AvgIpc) is 2.31. The van der Waals surface area contributed by atoms with Gasteiger partial charge in [0.2, 0.25) is 0 Å². The maximum atomic E-state index is 2.33. The maximum Gasteiger partial charge on any atom is 0.000779 e. The molecule has 0 aliphatic carbocycles. The first-order valence-corrected chi connectivity index (χ1v) is 6.34. The molecule has 16 heavy (non-hydrogen) atoms. The first kappa shape index (κ1) is 13.0. The van der Waals surface area contributed by atoms with Gasteiger partial charge >= 0.3 is 0 Å². The van der Waals surface area contributed by atoms with E-state index in [4.69, 9.17) is 0 Å². The third-order valence-electron chi connectivity index (χ3n) is 3.80. The van der Waals surface area contributed by atoms with Crippen LogP contribution >= 0.6 is 0 Å². The lowest BCUT2D eigenvalue weighted by atomic mass is 9.67. The lowest BCUT2D eigenvalue weighted by Crippen LogP contribution is -2.31. The minimum atomic E-state index is 0.299. The molecule has 0 aliphatic rings. The summed E-state index contributed by atoms with van der Waals surface area (Å²) in [6, 6.07) is 10.9. The highest BCUT2D eigenvalue weighted by atomic mass is 14.4. The smallest absolute Gasteiger partial charge is 0.000779 e. The highest BCUT2D eigenvalue weighted by Gasteiger charge is 2.32. The fraction of sp³-hybridized carbons (Fsp3) is 0.500. The van der Waals surface area contributed by atoms with Crippen molar-refractivity contribution in [3.8, 4) is 0 Å². The predicted molar refractivity (Wildman–Crippen MR) is 72.7 cm³/mol. The molecule has 0 nitrogen and oxygen atoms in total. The number of allylic oxidation sites excluding steroid dienone is 2. The predicted octanol–water partition coefficient (Wildman–Crippen LogP) is 4.96. The van der Waals surface area contributed by atoms with E-state index in [1.807, 2.05) is 0 Å². The van der Waals surface area contributed by atoms with Crippen molar-refractivity contribution in [3.05, 3.63) is 48.0 Å². The number of rotatable bonds is 5. The molecule has 0 heterocycles. The molecule has 0 saturated carbocycles.